The molecule has 1 aliphatic carbocycles. The Balaban J connectivity index is 1.72. The second-order valence-electron chi connectivity index (χ2n) is 4.45. The molecule has 0 spiro atoms. The molecular weight excluding hydrogens is 178 g/mol. The van der Waals surface area contributed by atoms with Gasteiger partial charge >= 0.3 is 0 Å². The molecule has 84 valence electrons. The molecule has 1 aliphatic rings. The van der Waals surface area contributed by atoms with E-state index in [0.717, 1.165) is 39.3 Å². The molecule has 0 saturated heterocycles. The van der Waals surface area contributed by atoms with Gasteiger partial charge in [0, 0.05) is 33.4 Å². The Morgan fingerprint density at radius 1 is 1.21 bits per heavy atom. The molecule has 0 unspecified atom stereocenters. The molecular formula is C11H23NO2. The van der Waals surface area contributed by atoms with Crippen molar-refractivity contribution in [3.63, 3.8) is 0 Å². The maximum absolute atomic E-state index is 5.43. The Kier molecular flexibility index (Phi) is 5.45. The molecule has 1 fully saturated rings. The van der Waals surface area contributed by atoms with E-state index < -0.39 is 0 Å². The van der Waals surface area contributed by atoms with Gasteiger partial charge in [-0.05, 0) is 24.7 Å². The number of hydrogen-bond acceptors (Lipinski definition) is 3. The third-order valence-corrected chi connectivity index (χ3v) is 2.72. The maximum atomic E-state index is 5.43. The smallest absolute Gasteiger partial charge is 0.0590 e. The fourth-order valence-electron chi connectivity index (χ4n) is 1.33. The van der Waals surface area contributed by atoms with Crippen LogP contribution in [0.15, 0.2) is 0 Å². The van der Waals surface area contributed by atoms with Gasteiger partial charge in [-0.15, -0.1) is 0 Å². The Hall–Kier alpha value is -0.120. The van der Waals surface area contributed by atoms with E-state index in [-0.39, 0.29) is 0 Å². The van der Waals surface area contributed by atoms with E-state index in [4.69, 9.17) is 9.47 Å². The lowest BCUT2D eigenvalue weighted by molar-refractivity contribution is 0.104. The highest BCUT2D eigenvalue weighted by Gasteiger charge is 2.36. The molecule has 3 heteroatoms. The Labute approximate surface area is 87.2 Å². The Morgan fingerprint density at radius 3 is 2.64 bits per heavy atom. The predicted molar refractivity (Wildman–Crippen MR) is 57.5 cm³/mol. The molecule has 1 saturated carbocycles. The van der Waals surface area contributed by atoms with E-state index in [0.29, 0.717) is 5.41 Å². The first-order valence-corrected chi connectivity index (χ1v) is 5.54. The van der Waals surface area contributed by atoms with Crippen molar-refractivity contribution in [2.45, 2.75) is 26.2 Å². The van der Waals surface area contributed by atoms with Gasteiger partial charge in [0.25, 0.3) is 0 Å². The number of ether oxygens (including phenoxy) is 2. The van der Waals surface area contributed by atoms with Gasteiger partial charge in [-0.25, -0.2) is 0 Å². The Bertz CT molecular complexity index is 146. The molecule has 0 heterocycles. The molecule has 0 amide bonds. The fourth-order valence-corrected chi connectivity index (χ4v) is 1.33. The fraction of sp³-hybridized carbons (Fsp3) is 1.00. The molecule has 0 aromatic heterocycles. The molecule has 0 bridgehead atoms. The van der Waals surface area contributed by atoms with Crippen molar-refractivity contribution in [3.05, 3.63) is 0 Å². The monoisotopic (exact) mass is 201 g/mol. The molecule has 1 N–H and O–H groups in total. The van der Waals surface area contributed by atoms with Crippen molar-refractivity contribution in [2.24, 2.45) is 5.41 Å². The minimum Gasteiger partial charge on any atom is -0.385 e. The molecule has 1 rings (SSSR count). The zero-order chi connectivity index (χ0) is 10.3. The van der Waals surface area contributed by atoms with Crippen LogP contribution in [-0.2, 0) is 9.47 Å². The van der Waals surface area contributed by atoms with Crippen LogP contribution in [0.25, 0.3) is 0 Å². The van der Waals surface area contributed by atoms with Gasteiger partial charge in [-0.3, -0.25) is 0 Å². The lowest BCUT2D eigenvalue weighted by Gasteiger charge is -2.09. The predicted octanol–water partition coefficient (Wildman–Crippen LogP) is 1.43. The quantitative estimate of drug-likeness (QED) is 0.572. The minimum atomic E-state index is 0.607. The summed E-state index contributed by atoms with van der Waals surface area (Å²) in [5.74, 6) is 0. The number of methoxy groups -OCH3 is 1. The second kappa shape index (κ2) is 6.38. The van der Waals surface area contributed by atoms with Crippen molar-refractivity contribution in [3.8, 4) is 0 Å². The van der Waals surface area contributed by atoms with E-state index in [1.54, 1.807) is 7.11 Å². The van der Waals surface area contributed by atoms with Crippen LogP contribution in [0, 0.1) is 5.41 Å². The topological polar surface area (TPSA) is 30.5 Å². The average Bonchev–Trinajstić information content (AvgIpc) is 2.89. The summed E-state index contributed by atoms with van der Waals surface area (Å²) in [4.78, 5) is 0. The van der Waals surface area contributed by atoms with Crippen molar-refractivity contribution >= 4 is 0 Å². The zero-order valence-electron chi connectivity index (χ0n) is 9.47. The van der Waals surface area contributed by atoms with E-state index in [1.807, 2.05) is 0 Å². The van der Waals surface area contributed by atoms with E-state index in [9.17, 15) is 0 Å². The van der Waals surface area contributed by atoms with Crippen molar-refractivity contribution in [1.29, 1.82) is 0 Å². The Morgan fingerprint density at radius 2 is 2.00 bits per heavy atom. The molecule has 14 heavy (non-hydrogen) atoms. The molecule has 0 aromatic rings. The van der Waals surface area contributed by atoms with Gasteiger partial charge in [-0.1, -0.05) is 6.92 Å². The molecule has 0 radical (unpaired) electrons. The summed E-state index contributed by atoms with van der Waals surface area (Å²) in [5, 5.41) is 3.42. The second-order valence-corrected chi connectivity index (χ2v) is 4.45. The van der Waals surface area contributed by atoms with Gasteiger partial charge < -0.3 is 14.8 Å². The van der Waals surface area contributed by atoms with Gasteiger partial charge in [0.1, 0.15) is 0 Å². The summed E-state index contributed by atoms with van der Waals surface area (Å²) in [7, 11) is 1.72. The zero-order valence-corrected chi connectivity index (χ0v) is 9.47. The van der Waals surface area contributed by atoms with E-state index in [2.05, 4.69) is 12.2 Å². The number of hydrogen-bond donors (Lipinski definition) is 1. The average molecular weight is 201 g/mol. The van der Waals surface area contributed by atoms with Gasteiger partial charge in [0.05, 0.1) is 6.61 Å². The van der Waals surface area contributed by atoms with Crippen LogP contribution in [0.1, 0.15) is 26.2 Å². The summed E-state index contributed by atoms with van der Waals surface area (Å²) in [6.45, 7) is 6.88. The van der Waals surface area contributed by atoms with Crippen LogP contribution < -0.4 is 5.32 Å². The van der Waals surface area contributed by atoms with E-state index >= 15 is 0 Å². The number of nitrogens with one attached hydrogen (secondary N) is 1. The SMILES string of the molecule is COCCCOCCNCC1(C)CC1. The lowest BCUT2D eigenvalue weighted by Crippen LogP contribution is -2.26. The summed E-state index contributed by atoms with van der Waals surface area (Å²) in [5.41, 5.74) is 0.607. The van der Waals surface area contributed by atoms with Crippen molar-refractivity contribution < 1.29 is 9.47 Å². The summed E-state index contributed by atoms with van der Waals surface area (Å²) in [6.07, 6.45) is 3.76. The van der Waals surface area contributed by atoms with Crippen LogP contribution in [0.3, 0.4) is 0 Å². The molecule has 3 nitrogen and oxygen atoms in total. The van der Waals surface area contributed by atoms with Crippen LogP contribution in [-0.4, -0.2) is 40.0 Å². The van der Waals surface area contributed by atoms with Crippen molar-refractivity contribution in [1.82, 2.24) is 5.32 Å². The number of rotatable bonds is 9. The lowest BCUT2D eigenvalue weighted by atomic mass is 10.1. The minimum absolute atomic E-state index is 0.607. The highest BCUT2D eigenvalue weighted by Crippen LogP contribution is 2.43. The summed E-state index contributed by atoms with van der Waals surface area (Å²) >= 11 is 0. The van der Waals surface area contributed by atoms with Crippen molar-refractivity contribution in [2.75, 3.05) is 40.0 Å². The largest absolute Gasteiger partial charge is 0.385 e. The van der Waals surface area contributed by atoms with Gasteiger partial charge in [0.2, 0.25) is 0 Å². The summed E-state index contributed by atoms with van der Waals surface area (Å²) in [6, 6.07) is 0. The highest BCUT2D eigenvalue weighted by molar-refractivity contribution is 4.90. The first-order valence-electron chi connectivity index (χ1n) is 5.54. The normalized spacial score (nSPS) is 18.4. The molecule has 0 atom stereocenters. The molecule has 0 aliphatic heterocycles. The van der Waals surface area contributed by atoms with Crippen LogP contribution in [0.2, 0.25) is 0 Å². The first kappa shape index (κ1) is 12.0. The van der Waals surface area contributed by atoms with E-state index in [1.165, 1.54) is 12.8 Å². The van der Waals surface area contributed by atoms with Crippen LogP contribution >= 0.6 is 0 Å². The summed E-state index contributed by atoms with van der Waals surface area (Å²) < 4.78 is 10.4. The van der Waals surface area contributed by atoms with Crippen LogP contribution in [0.5, 0.6) is 0 Å². The first-order chi connectivity index (χ1) is 6.77. The highest BCUT2D eigenvalue weighted by atomic mass is 16.5. The van der Waals surface area contributed by atoms with Crippen LogP contribution in [0.4, 0.5) is 0 Å². The third kappa shape index (κ3) is 5.58. The van der Waals surface area contributed by atoms with Gasteiger partial charge in [-0.2, -0.15) is 0 Å². The third-order valence-electron chi connectivity index (χ3n) is 2.72. The van der Waals surface area contributed by atoms with Gasteiger partial charge in [0.15, 0.2) is 0 Å². The molecule has 0 aromatic carbocycles. The standard InChI is InChI=1S/C11H23NO2/c1-11(4-5-11)10-12-6-9-14-8-3-7-13-2/h12H,3-10H2,1-2H3. The maximum Gasteiger partial charge on any atom is 0.0590 e.